The van der Waals surface area contributed by atoms with Gasteiger partial charge < -0.3 is 9.80 Å². The van der Waals surface area contributed by atoms with Crippen molar-refractivity contribution in [2.45, 2.75) is 89.5 Å². The molecule has 2 aromatic heterocycles. The van der Waals surface area contributed by atoms with Gasteiger partial charge in [0.05, 0.1) is 23.2 Å². The van der Waals surface area contributed by atoms with Crippen LogP contribution >= 0.6 is 22.9 Å². The van der Waals surface area contributed by atoms with Crippen molar-refractivity contribution in [1.82, 2.24) is 40.1 Å². The Bertz CT molecular complexity index is 2420. The van der Waals surface area contributed by atoms with E-state index in [0.29, 0.717) is 34.2 Å². The van der Waals surface area contributed by atoms with E-state index in [2.05, 4.69) is 61.2 Å². The molecule has 6 aliphatic heterocycles. The third-order valence-corrected chi connectivity index (χ3v) is 15.0. The van der Waals surface area contributed by atoms with Gasteiger partial charge in [-0.3, -0.25) is 49.0 Å². The number of halogens is 1. The van der Waals surface area contributed by atoms with Gasteiger partial charge in [0.2, 0.25) is 17.7 Å². The highest BCUT2D eigenvalue weighted by Gasteiger charge is 2.47. The van der Waals surface area contributed by atoms with Crippen molar-refractivity contribution in [2.24, 2.45) is 5.92 Å². The average Bonchev–Trinajstić information content (AvgIpc) is 4.02. The number of piperazine rings is 1. The summed E-state index contributed by atoms with van der Waals surface area (Å²) in [6.45, 7) is 10.5. The molecule has 4 saturated heterocycles. The molecule has 0 spiro atoms. The molecular weight excluding hydrogens is 790 g/mol. The minimum atomic E-state index is -0.979. The van der Waals surface area contributed by atoms with Crippen LogP contribution in [-0.4, -0.2) is 110 Å². The summed E-state index contributed by atoms with van der Waals surface area (Å²) in [6.07, 6.45) is 3.44. The molecule has 5 atom stereocenters. The zero-order valence-electron chi connectivity index (χ0n) is 33.2. The van der Waals surface area contributed by atoms with Crippen LogP contribution in [0.15, 0.2) is 42.5 Å². The fraction of sp³-hybridized carbons (Fsp3) is 0.465. The van der Waals surface area contributed by atoms with Crippen molar-refractivity contribution >= 4 is 58.2 Å². The Morgan fingerprint density at radius 3 is 2.41 bits per heavy atom. The van der Waals surface area contributed by atoms with Crippen LogP contribution in [0.3, 0.4) is 0 Å². The van der Waals surface area contributed by atoms with Crippen molar-refractivity contribution in [3.63, 3.8) is 0 Å². The summed E-state index contributed by atoms with van der Waals surface area (Å²) in [5.41, 5.74) is 5.01. The molecule has 16 heteroatoms. The zero-order valence-corrected chi connectivity index (χ0v) is 34.8. The molecule has 59 heavy (non-hydrogen) atoms. The van der Waals surface area contributed by atoms with Gasteiger partial charge in [-0.15, -0.1) is 21.5 Å². The SMILES string of the molecule is Cc1sc2c(c1C)[C@H](c1ccc(Cl)cc1)NC(CC(=O)N1CCC(CN3CC4CC3CN4c3ccc4c(c3)C(=O)N(C3CCC(=O)NC3=O)C4=O)CC1)c1nnc(C)n1-2. The summed E-state index contributed by atoms with van der Waals surface area (Å²) in [4.78, 5) is 74.2. The fourth-order valence-electron chi connectivity index (χ4n) is 10.3. The van der Waals surface area contributed by atoms with E-state index < -0.39 is 29.7 Å². The van der Waals surface area contributed by atoms with Crippen LogP contribution in [0.2, 0.25) is 5.02 Å². The second-order valence-electron chi connectivity index (χ2n) is 17.0. The summed E-state index contributed by atoms with van der Waals surface area (Å²) in [7, 11) is 0. The topological polar surface area (TPSA) is 153 Å². The zero-order chi connectivity index (χ0) is 40.9. The molecule has 0 saturated carbocycles. The minimum absolute atomic E-state index is 0.0899. The number of piperidine rings is 2. The lowest BCUT2D eigenvalue weighted by atomic mass is 9.94. The maximum atomic E-state index is 14.1. The number of imide groups is 2. The Balaban J connectivity index is 0.765. The number of fused-ring (bicyclic) bond motifs is 6. The molecular formula is C43H46ClN9O5S. The standard InChI is InChI=1S/C43H46ClN9O5S/c1-22-23(2)59-43-37(22)38(26-4-6-27(44)7-5-26)45-33(39-48-47-24(3)52(39)43)18-36(55)49-14-12-25(13-15-49)19-50-20-30-16-29(50)21-51(30)28-8-9-31-32(17-28)42(58)53(41(31)57)34-10-11-35(54)46-40(34)56/h4-9,17,25,29-30,33-34,38,45H,10-16,18-21H2,1-3H3,(H,46,54,56)/t29?,30?,33?,34?,38-/m0/s1. The van der Waals surface area contributed by atoms with Gasteiger partial charge in [0.1, 0.15) is 16.9 Å². The quantitative estimate of drug-likeness (QED) is 0.252. The molecule has 14 nitrogen and oxygen atoms in total. The highest BCUT2D eigenvalue weighted by Crippen LogP contribution is 2.44. The molecule has 4 unspecified atom stereocenters. The summed E-state index contributed by atoms with van der Waals surface area (Å²) in [5.74, 6) is 0.206. The maximum absolute atomic E-state index is 14.1. The maximum Gasteiger partial charge on any atom is 0.262 e. The average molecular weight is 836 g/mol. The number of hydrogen-bond donors (Lipinski definition) is 2. The largest absolute Gasteiger partial charge is 0.366 e. The first-order valence-corrected chi connectivity index (χ1v) is 21.8. The number of nitrogens with zero attached hydrogens (tertiary/aromatic N) is 7. The molecule has 4 aromatic rings. The third kappa shape index (κ3) is 6.48. The minimum Gasteiger partial charge on any atom is -0.366 e. The predicted octanol–water partition coefficient (Wildman–Crippen LogP) is 4.63. The molecule has 5 amide bonds. The number of nitrogens with one attached hydrogen (secondary N) is 2. The van der Waals surface area contributed by atoms with Gasteiger partial charge >= 0.3 is 0 Å². The van der Waals surface area contributed by atoms with E-state index >= 15 is 0 Å². The summed E-state index contributed by atoms with van der Waals surface area (Å²) < 4.78 is 2.14. The van der Waals surface area contributed by atoms with Crippen molar-refractivity contribution in [1.29, 1.82) is 0 Å². The number of anilines is 1. The van der Waals surface area contributed by atoms with Gasteiger partial charge in [-0.1, -0.05) is 23.7 Å². The molecule has 4 fully saturated rings. The Morgan fingerprint density at radius 2 is 1.68 bits per heavy atom. The number of amides is 5. The molecule has 0 aliphatic carbocycles. The van der Waals surface area contributed by atoms with Crippen LogP contribution in [0.25, 0.3) is 5.00 Å². The lowest BCUT2D eigenvalue weighted by Gasteiger charge is -2.39. The van der Waals surface area contributed by atoms with Gasteiger partial charge in [0.25, 0.3) is 11.8 Å². The third-order valence-electron chi connectivity index (χ3n) is 13.6. The Morgan fingerprint density at radius 1 is 0.915 bits per heavy atom. The van der Waals surface area contributed by atoms with Crippen molar-refractivity contribution in [2.75, 3.05) is 37.6 Å². The first-order valence-electron chi connectivity index (χ1n) is 20.6. The number of thiophene rings is 1. The van der Waals surface area contributed by atoms with E-state index in [1.165, 1.54) is 16.0 Å². The lowest BCUT2D eigenvalue weighted by Crippen LogP contribution is -2.54. The molecule has 8 heterocycles. The number of hydrogen-bond acceptors (Lipinski definition) is 11. The summed E-state index contributed by atoms with van der Waals surface area (Å²) in [6, 6.07) is 12.6. The van der Waals surface area contributed by atoms with E-state index in [9.17, 15) is 24.0 Å². The van der Waals surface area contributed by atoms with E-state index in [-0.39, 0.29) is 37.3 Å². The Kier molecular flexibility index (Phi) is 9.49. The molecule has 2 aromatic carbocycles. The number of aryl methyl sites for hydroxylation is 2. The van der Waals surface area contributed by atoms with E-state index in [1.807, 2.05) is 30.0 Å². The van der Waals surface area contributed by atoms with E-state index in [4.69, 9.17) is 11.6 Å². The second-order valence-corrected chi connectivity index (χ2v) is 18.6. The number of carbonyl (C=O) groups is 5. The number of benzene rings is 2. The van der Waals surface area contributed by atoms with Gasteiger partial charge in [-0.2, -0.15) is 0 Å². The first kappa shape index (κ1) is 38.3. The van der Waals surface area contributed by atoms with Gasteiger partial charge in [-0.05, 0) is 93.8 Å². The molecule has 10 rings (SSSR count). The van der Waals surface area contributed by atoms with Crippen LogP contribution < -0.4 is 15.5 Å². The number of carbonyl (C=O) groups excluding carboxylic acids is 5. The summed E-state index contributed by atoms with van der Waals surface area (Å²) >= 11 is 8.04. The second kappa shape index (κ2) is 14.6. The number of aromatic nitrogens is 3. The smallest absolute Gasteiger partial charge is 0.262 e. The normalized spacial score (nSPS) is 25.7. The van der Waals surface area contributed by atoms with Crippen LogP contribution in [-0.2, 0) is 14.4 Å². The molecule has 0 radical (unpaired) electrons. The van der Waals surface area contributed by atoms with Gasteiger partial charge in [0, 0.05) is 78.8 Å². The fourth-order valence-corrected chi connectivity index (χ4v) is 11.7. The van der Waals surface area contributed by atoms with Crippen LogP contribution in [0.5, 0.6) is 0 Å². The summed E-state index contributed by atoms with van der Waals surface area (Å²) in [5, 5.41) is 17.0. The van der Waals surface area contributed by atoms with Gasteiger partial charge in [-0.25, -0.2) is 0 Å². The number of likely N-dealkylation sites (tertiary alicyclic amines) is 2. The predicted molar refractivity (Wildman–Crippen MR) is 221 cm³/mol. The molecule has 306 valence electrons. The molecule has 6 aliphatic rings. The first-order chi connectivity index (χ1) is 28.4. The van der Waals surface area contributed by atoms with Gasteiger partial charge in [0.15, 0.2) is 5.82 Å². The van der Waals surface area contributed by atoms with Crippen molar-refractivity contribution < 1.29 is 24.0 Å². The van der Waals surface area contributed by atoms with Crippen molar-refractivity contribution in [3.8, 4) is 5.00 Å². The molecule has 2 bridgehead atoms. The number of rotatable bonds is 7. The highest BCUT2D eigenvalue weighted by molar-refractivity contribution is 7.14. The van der Waals surface area contributed by atoms with Crippen LogP contribution in [0.1, 0.15) is 105 Å². The Hall–Kier alpha value is -4.96. The highest BCUT2D eigenvalue weighted by atomic mass is 35.5. The molecule has 2 N–H and O–H groups in total. The van der Waals surface area contributed by atoms with E-state index in [0.717, 1.165) is 84.8 Å². The van der Waals surface area contributed by atoms with Crippen LogP contribution in [0.4, 0.5) is 5.69 Å². The lowest BCUT2D eigenvalue weighted by molar-refractivity contribution is -0.136. The van der Waals surface area contributed by atoms with Crippen molar-refractivity contribution in [3.05, 3.63) is 91.8 Å². The monoisotopic (exact) mass is 835 g/mol. The van der Waals surface area contributed by atoms with E-state index in [1.54, 1.807) is 23.5 Å². The van der Waals surface area contributed by atoms with Crippen LogP contribution in [0, 0.1) is 26.7 Å². The Labute approximate surface area is 350 Å².